The van der Waals surface area contributed by atoms with Gasteiger partial charge in [-0.25, -0.2) is 4.79 Å². The Hall–Kier alpha value is -2.92. The number of likely N-dealkylation sites (tertiary alicyclic amines) is 1. The minimum Gasteiger partial charge on any atom is -0.389 e. The van der Waals surface area contributed by atoms with E-state index in [1.54, 1.807) is 24.8 Å². The lowest BCUT2D eigenvalue weighted by Crippen LogP contribution is -2.50. The first kappa shape index (κ1) is 24.7. The fraction of sp³-hybridized carbons (Fsp3) is 0.500. The van der Waals surface area contributed by atoms with E-state index in [0.717, 1.165) is 16.8 Å². The lowest BCUT2D eigenvalue weighted by Gasteiger charge is -2.40. The maximum Gasteiger partial charge on any atom is 0.416 e. The van der Waals surface area contributed by atoms with E-state index in [1.807, 2.05) is 4.90 Å². The Kier molecular flexibility index (Phi) is 7.13. The number of amides is 2. The van der Waals surface area contributed by atoms with Crippen LogP contribution in [0, 0.1) is 0 Å². The molecule has 0 aliphatic carbocycles. The molecule has 1 saturated heterocycles. The van der Waals surface area contributed by atoms with Gasteiger partial charge in [0.05, 0.1) is 11.2 Å². The van der Waals surface area contributed by atoms with Gasteiger partial charge in [0, 0.05) is 38.4 Å². The van der Waals surface area contributed by atoms with Crippen molar-refractivity contribution in [1.82, 2.24) is 19.6 Å². The molecular weight excluding hydrogens is 439 g/mol. The smallest absolute Gasteiger partial charge is 0.389 e. The number of benzene rings is 1. The summed E-state index contributed by atoms with van der Waals surface area (Å²) in [6.45, 7) is 4.62. The highest BCUT2D eigenvalue weighted by Gasteiger charge is 2.33. The maximum absolute atomic E-state index is 13.1. The van der Waals surface area contributed by atoms with Crippen molar-refractivity contribution in [2.24, 2.45) is 5.73 Å². The molecule has 0 radical (unpaired) electrons. The molecule has 1 aromatic heterocycles. The third-order valence-corrected chi connectivity index (χ3v) is 5.52. The topological polar surface area (TPSA) is 105 Å². The largest absolute Gasteiger partial charge is 0.416 e. The van der Waals surface area contributed by atoms with Crippen molar-refractivity contribution in [2.75, 3.05) is 19.6 Å². The first-order valence-corrected chi connectivity index (χ1v) is 10.6. The number of primary amides is 1. The molecule has 3 N–H and O–H groups in total. The number of aliphatic hydroxyl groups is 1. The van der Waals surface area contributed by atoms with E-state index < -0.39 is 23.2 Å². The molecule has 0 saturated carbocycles. The molecular formula is C22H28F3N5O3. The van der Waals surface area contributed by atoms with Gasteiger partial charge in [0.2, 0.25) is 0 Å². The number of carbonyl (C=O) groups excluding carboxylic acids is 2. The van der Waals surface area contributed by atoms with E-state index in [4.69, 9.17) is 5.73 Å². The van der Waals surface area contributed by atoms with Gasteiger partial charge in [0.1, 0.15) is 0 Å². The Morgan fingerprint density at radius 1 is 1.21 bits per heavy atom. The summed E-state index contributed by atoms with van der Waals surface area (Å²) < 4.78 is 40.4. The summed E-state index contributed by atoms with van der Waals surface area (Å²) in [7, 11) is 0. The number of aromatic nitrogens is 2. The summed E-state index contributed by atoms with van der Waals surface area (Å²) in [6, 6.07) is 6.14. The molecule has 2 heterocycles. The standard InChI is InChI=1S/C22H28F3N5O3/c1-21(2,33)14-29(13-15-4-3-5-16(12-15)22(23,24)25)17-6-9-28(10-7-17)20(32)30-11-8-18(27-30)19(26)31/h3-5,8,11-12,17,33H,6-7,9-10,13-14H2,1-2H3,(H2,26,31). The van der Waals surface area contributed by atoms with Crippen LogP contribution >= 0.6 is 0 Å². The first-order chi connectivity index (χ1) is 15.3. The van der Waals surface area contributed by atoms with Crippen LogP contribution in [0.4, 0.5) is 18.0 Å². The van der Waals surface area contributed by atoms with Crippen LogP contribution in [0.1, 0.15) is 48.3 Å². The number of hydrogen-bond donors (Lipinski definition) is 2. The number of nitrogens with zero attached hydrogens (tertiary/aromatic N) is 4. The number of piperidine rings is 1. The van der Waals surface area contributed by atoms with Gasteiger partial charge in [-0.2, -0.15) is 23.0 Å². The van der Waals surface area contributed by atoms with Crippen LogP contribution in [0.15, 0.2) is 36.5 Å². The van der Waals surface area contributed by atoms with Gasteiger partial charge in [-0.3, -0.25) is 9.69 Å². The van der Waals surface area contributed by atoms with Gasteiger partial charge in [0.25, 0.3) is 5.91 Å². The lowest BCUT2D eigenvalue weighted by atomic mass is 9.99. The van der Waals surface area contributed by atoms with Crippen molar-refractivity contribution in [3.63, 3.8) is 0 Å². The SMILES string of the molecule is CC(C)(O)CN(Cc1cccc(C(F)(F)F)c1)C1CCN(C(=O)n2ccc(C(N)=O)n2)CC1. The minimum absolute atomic E-state index is 0.00400. The second-order valence-corrected chi connectivity index (χ2v) is 8.93. The van der Waals surface area contributed by atoms with Crippen LogP contribution in [0.25, 0.3) is 0 Å². The van der Waals surface area contributed by atoms with Gasteiger partial charge >= 0.3 is 12.2 Å². The summed E-state index contributed by atoms with van der Waals surface area (Å²) >= 11 is 0. The van der Waals surface area contributed by atoms with E-state index in [-0.39, 0.29) is 30.9 Å². The molecule has 1 fully saturated rings. The quantitative estimate of drug-likeness (QED) is 0.680. The average molecular weight is 467 g/mol. The second kappa shape index (κ2) is 9.52. The van der Waals surface area contributed by atoms with E-state index in [9.17, 15) is 27.9 Å². The molecule has 8 nitrogen and oxygen atoms in total. The van der Waals surface area contributed by atoms with Crippen molar-refractivity contribution in [3.8, 4) is 0 Å². The Bertz CT molecular complexity index is 992. The molecule has 2 aromatic rings. The van der Waals surface area contributed by atoms with Gasteiger partial charge < -0.3 is 15.7 Å². The lowest BCUT2D eigenvalue weighted by molar-refractivity contribution is -0.137. The second-order valence-electron chi connectivity index (χ2n) is 8.93. The summed E-state index contributed by atoms with van der Waals surface area (Å²) in [5, 5.41) is 14.3. The molecule has 33 heavy (non-hydrogen) atoms. The number of carbonyl (C=O) groups is 2. The van der Waals surface area contributed by atoms with Crippen LogP contribution in [-0.4, -0.2) is 67.9 Å². The molecule has 1 aromatic carbocycles. The van der Waals surface area contributed by atoms with Gasteiger partial charge in [0.15, 0.2) is 5.69 Å². The normalized spacial score (nSPS) is 15.8. The molecule has 180 valence electrons. The highest BCUT2D eigenvalue weighted by atomic mass is 19.4. The van der Waals surface area contributed by atoms with Crippen LogP contribution < -0.4 is 5.73 Å². The third-order valence-electron chi connectivity index (χ3n) is 5.52. The van der Waals surface area contributed by atoms with Gasteiger partial charge in [-0.15, -0.1) is 0 Å². The predicted octanol–water partition coefficient (Wildman–Crippen LogP) is 2.71. The van der Waals surface area contributed by atoms with Crippen LogP contribution in [0.5, 0.6) is 0 Å². The van der Waals surface area contributed by atoms with Crippen molar-refractivity contribution >= 4 is 11.9 Å². The van der Waals surface area contributed by atoms with Crippen LogP contribution in [0.2, 0.25) is 0 Å². The zero-order valence-electron chi connectivity index (χ0n) is 18.5. The van der Waals surface area contributed by atoms with E-state index in [0.29, 0.717) is 31.5 Å². The van der Waals surface area contributed by atoms with Crippen molar-refractivity contribution in [3.05, 3.63) is 53.3 Å². The minimum atomic E-state index is -4.43. The highest BCUT2D eigenvalue weighted by Crippen LogP contribution is 2.30. The fourth-order valence-corrected chi connectivity index (χ4v) is 4.02. The van der Waals surface area contributed by atoms with E-state index in [1.165, 1.54) is 18.3 Å². The third kappa shape index (κ3) is 6.55. The summed E-state index contributed by atoms with van der Waals surface area (Å²) in [4.78, 5) is 27.4. The van der Waals surface area contributed by atoms with E-state index in [2.05, 4.69) is 5.10 Å². The number of nitrogens with two attached hydrogens (primary N) is 1. The number of hydrogen-bond acceptors (Lipinski definition) is 5. The number of rotatable bonds is 6. The molecule has 0 unspecified atom stereocenters. The van der Waals surface area contributed by atoms with E-state index >= 15 is 0 Å². The monoisotopic (exact) mass is 467 g/mol. The summed E-state index contributed by atoms with van der Waals surface area (Å²) in [5.74, 6) is -0.725. The fourth-order valence-electron chi connectivity index (χ4n) is 4.02. The van der Waals surface area contributed by atoms with Crippen LogP contribution in [0.3, 0.4) is 0 Å². The molecule has 0 spiro atoms. The zero-order chi connectivity index (χ0) is 24.4. The van der Waals surface area contributed by atoms with Crippen molar-refractivity contribution < 1.29 is 27.9 Å². The molecule has 2 amide bonds. The van der Waals surface area contributed by atoms with Crippen molar-refractivity contribution in [1.29, 1.82) is 0 Å². The molecule has 0 bridgehead atoms. The average Bonchev–Trinajstić information content (AvgIpc) is 3.22. The molecule has 3 rings (SSSR count). The Morgan fingerprint density at radius 2 is 1.88 bits per heavy atom. The Morgan fingerprint density at radius 3 is 2.42 bits per heavy atom. The molecule has 1 aliphatic heterocycles. The number of halogens is 3. The number of alkyl halides is 3. The summed E-state index contributed by atoms with van der Waals surface area (Å²) in [6.07, 6.45) is -1.90. The zero-order valence-corrected chi connectivity index (χ0v) is 18.5. The molecule has 11 heteroatoms. The highest BCUT2D eigenvalue weighted by molar-refractivity contribution is 5.91. The van der Waals surface area contributed by atoms with Crippen molar-refractivity contribution in [2.45, 2.75) is 51.1 Å². The maximum atomic E-state index is 13.1. The Labute approximate surface area is 189 Å². The summed E-state index contributed by atoms with van der Waals surface area (Å²) in [5.41, 5.74) is 3.92. The van der Waals surface area contributed by atoms with Gasteiger partial charge in [-0.1, -0.05) is 18.2 Å². The predicted molar refractivity (Wildman–Crippen MR) is 114 cm³/mol. The molecule has 0 atom stereocenters. The molecule has 1 aliphatic rings. The van der Waals surface area contributed by atoms with Crippen LogP contribution in [-0.2, 0) is 12.7 Å². The first-order valence-electron chi connectivity index (χ1n) is 10.6. The Balaban J connectivity index is 1.69. The van der Waals surface area contributed by atoms with Gasteiger partial charge in [-0.05, 0) is 44.4 Å².